The zero-order valence-corrected chi connectivity index (χ0v) is 10.3. The van der Waals surface area contributed by atoms with Crippen LogP contribution < -0.4 is 5.73 Å². The highest BCUT2D eigenvalue weighted by Gasteiger charge is 2.15. The van der Waals surface area contributed by atoms with Crippen molar-refractivity contribution in [2.24, 2.45) is 0 Å². The summed E-state index contributed by atoms with van der Waals surface area (Å²) in [7, 11) is 0. The van der Waals surface area contributed by atoms with Crippen LogP contribution in [-0.2, 0) is 9.53 Å². The second kappa shape index (κ2) is 5.88. The number of halogens is 1. The lowest BCUT2D eigenvalue weighted by Gasteiger charge is -2.08. The van der Waals surface area contributed by atoms with Gasteiger partial charge in [-0.15, -0.1) is 0 Å². The SMILES string of the molecule is CCOC(=O)C[C@@H]([NH3+])c1cccc(Br)c1. The maximum absolute atomic E-state index is 11.2. The predicted molar refractivity (Wildman–Crippen MR) is 61.0 cm³/mol. The highest BCUT2D eigenvalue weighted by atomic mass is 79.9. The lowest BCUT2D eigenvalue weighted by atomic mass is 10.1. The Kier molecular flexibility index (Phi) is 4.78. The highest BCUT2D eigenvalue weighted by molar-refractivity contribution is 9.10. The number of hydrogen-bond acceptors (Lipinski definition) is 2. The quantitative estimate of drug-likeness (QED) is 0.849. The van der Waals surface area contributed by atoms with E-state index in [4.69, 9.17) is 4.74 Å². The molecule has 0 unspecified atom stereocenters. The topological polar surface area (TPSA) is 53.9 Å². The molecule has 1 aromatic rings. The van der Waals surface area contributed by atoms with Crippen molar-refractivity contribution in [3.8, 4) is 0 Å². The molecule has 0 bridgehead atoms. The first-order chi connectivity index (χ1) is 7.13. The summed E-state index contributed by atoms with van der Waals surface area (Å²) in [6.07, 6.45) is 0.324. The van der Waals surface area contributed by atoms with Crippen molar-refractivity contribution < 1.29 is 15.3 Å². The van der Waals surface area contributed by atoms with Crippen molar-refractivity contribution in [3.63, 3.8) is 0 Å². The lowest BCUT2D eigenvalue weighted by Crippen LogP contribution is -2.54. The fraction of sp³-hybridized carbons (Fsp3) is 0.364. The minimum Gasteiger partial charge on any atom is -0.466 e. The summed E-state index contributed by atoms with van der Waals surface area (Å²) < 4.78 is 5.87. The molecule has 1 atom stereocenters. The molecule has 1 rings (SSSR count). The van der Waals surface area contributed by atoms with Gasteiger partial charge >= 0.3 is 5.97 Å². The van der Waals surface area contributed by atoms with Gasteiger partial charge in [0.25, 0.3) is 0 Å². The maximum atomic E-state index is 11.2. The van der Waals surface area contributed by atoms with E-state index in [0.717, 1.165) is 10.0 Å². The second-order valence-corrected chi connectivity index (χ2v) is 4.18. The van der Waals surface area contributed by atoms with Crippen molar-refractivity contribution in [1.82, 2.24) is 0 Å². The van der Waals surface area contributed by atoms with Crippen LogP contribution in [0.15, 0.2) is 28.7 Å². The van der Waals surface area contributed by atoms with Crippen molar-refractivity contribution in [2.45, 2.75) is 19.4 Å². The van der Waals surface area contributed by atoms with Gasteiger partial charge in [-0.25, -0.2) is 0 Å². The van der Waals surface area contributed by atoms with Crippen molar-refractivity contribution in [1.29, 1.82) is 0 Å². The molecule has 0 saturated heterocycles. The van der Waals surface area contributed by atoms with Crippen LogP contribution in [0.4, 0.5) is 0 Å². The molecule has 0 aliphatic heterocycles. The van der Waals surface area contributed by atoms with Crippen LogP contribution in [0.5, 0.6) is 0 Å². The molecule has 15 heavy (non-hydrogen) atoms. The van der Waals surface area contributed by atoms with Crippen molar-refractivity contribution >= 4 is 21.9 Å². The molecule has 0 amide bonds. The monoisotopic (exact) mass is 272 g/mol. The van der Waals surface area contributed by atoms with Gasteiger partial charge in [0.15, 0.2) is 0 Å². The van der Waals surface area contributed by atoms with Crippen LogP contribution in [0.2, 0.25) is 0 Å². The largest absolute Gasteiger partial charge is 0.466 e. The van der Waals surface area contributed by atoms with Gasteiger partial charge in [0.05, 0.1) is 6.61 Å². The standard InChI is InChI=1S/C11H14BrNO2/c1-2-15-11(14)7-10(13)8-4-3-5-9(12)6-8/h3-6,10H,2,7,13H2,1H3/p+1/t10-/m1/s1. The Bertz CT molecular complexity index is 341. The van der Waals surface area contributed by atoms with Gasteiger partial charge in [0, 0.05) is 10.0 Å². The van der Waals surface area contributed by atoms with E-state index >= 15 is 0 Å². The molecule has 0 aliphatic rings. The summed E-state index contributed by atoms with van der Waals surface area (Å²) in [5.41, 5.74) is 4.99. The molecule has 3 nitrogen and oxygen atoms in total. The number of esters is 1. The molecule has 82 valence electrons. The third-order valence-corrected chi connectivity index (χ3v) is 2.53. The molecule has 1 aromatic carbocycles. The Hall–Kier alpha value is -0.870. The van der Waals surface area contributed by atoms with Gasteiger partial charge in [-0.1, -0.05) is 28.1 Å². The zero-order valence-electron chi connectivity index (χ0n) is 8.70. The summed E-state index contributed by atoms with van der Waals surface area (Å²) in [5, 5.41) is 0. The van der Waals surface area contributed by atoms with E-state index in [2.05, 4.69) is 21.7 Å². The second-order valence-electron chi connectivity index (χ2n) is 3.26. The smallest absolute Gasteiger partial charge is 0.312 e. The van der Waals surface area contributed by atoms with Crippen molar-refractivity contribution in [3.05, 3.63) is 34.3 Å². The summed E-state index contributed by atoms with van der Waals surface area (Å²) in [4.78, 5) is 11.2. The average Bonchev–Trinajstić information content (AvgIpc) is 2.18. The number of carbonyl (C=O) groups excluding carboxylic acids is 1. The Morgan fingerprint density at radius 2 is 2.33 bits per heavy atom. The molecule has 3 N–H and O–H groups in total. The maximum Gasteiger partial charge on any atom is 0.312 e. The minimum absolute atomic E-state index is 0.0541. The number of ether oxygens (including phenoxy) is 1. The van der Waals surface area contributed by atoms with E-state index in [0.29, 0.717) is 13.0 Å². The van der Waals surface area contributed by atoms with Gasteiger partial charge < -0.3 is 10.5 Å². The summed E-state index contributed by atoms with van der Waals surface area (Å²) in [6, 6.07) is 7.75. The summed E-state index contributed by atoms with van der Waals surface area (Å²) in [5.74, 6) is -0.197. The molecule has 0 radical (unpaired) electrons. The van der Waals surface area contributed by atoms with E-state index in [9.17, 15) is 4.79 Å². The summed E-state index contributed by atoms with van der Waals surface area (Å²) in [6.45, 7) is 2.22. The Balaban J connectivity index is 2.60. The molecule has 0 saturated carbocycles. The first-order valence-electron chi connectivity index (χ1n) is 4.87. The van der Waals surface area contributed by atoms with Crippen LogP contribution in [-0.4, -0.2) is 12.6 Å². The Morgan fingerprint density at radius 3 is 2.93 bits per heavy atom. The van der Waals surface area contributed by atoms with E-state index < -0.39 is 0 Å². The third kappa shape index (κ3) is 4.01. The number of benzene rings is 1. The van der Waals surface area contributed by atoms with Gasteiger partial charge in [0.1, 0.15) is 12.5 Å². The van der Waals surface area contributed by atoms with E-state index in [1.54, 1.807) is 6.92 Å². The Labute approximate surface area is 97.7 Å². The van der Waals surface area contributed by atoms with Crippen LogP contribution in [0.3, 0.4) is 0 Å². The predicted octanol–water partition coefficient (Wildman–Crippen LogP) is 1.69. The van der Waals surface area contributed by atoms with E-state index in [1.165, 1.54) is 0 Å². The molecule has 0 aliphatic carbocycles. The minimum atomic E-state index is -0.197. The molecule has 4 heteroatoms. The number of carbonyl (C=O) groups is 1. The van der Waals surface area contributed by atoms with Gasteiger partial charge in [-0.05, 0) is 19.1 Å². The van der Waals surface area contributed by atoms with E-state index in [1.807, 2.05) is 24.3 Å². The Morgan fingerprint density at radius 1 is 1.60 bits per heavy atom. The molecule has 0 spiro atoms. The summed E-state index contributed by atoms with van der Waals surface area (Å²) >= 11 is 3.38. The molecule has 0 heterocycles. The van der Waals surface area contributed by atoms with Crippen LogP contribution >= 0.6 is 15.9 Å². The molecule has 0 fully saturated rings. The zero-order chi connectivity index (χ0) is 11.3. The van der Waals surface area contributed by atoms with Gasteiger partial charge in [-0.3, -0.25) is 4.79 Å². The first kappa shape index (κ1) is 12.2. The fourth-order valence-electron chi connectivity index (χ4n) is 1.30. The lowest BCUT2D eigenvalue weighted by molar-refractivity contribution is -0.425. The van der Waals surface area contributed by atoms with E-state index in [-0.39, 0.29) is 12.0 Å². The van der Waals surface area contributed by atoms with Crippen molar-refractivity contribution in [2.75, 3.05) is 6.61 Å². The fourth-order valence-corrected chi connectivity index (χ4v) is 1.72. The number of rotatable bonds is 4. The molecular formula is C11H15BrNO2+. The number of quaternary nitrogens is 1. The van der Waals surface area contributed by atoms with Gasteiger partial charge in [0.2, 0.25) is 0 Å². The number of hydrogen-bond donors (Lipinski definition) is 1. The molecular weight excluding hydrogens is 258 g/mol. The van der Waals surface area contributed by atoms with Gasteiger partial charge in [-0.2, -0.15) is 0 Å². The average molecular weight is 273 g/mol. The molecule has 0 aromatic heterocycles. The third-order valence-electron chi connectivity index (χ3n) is 2.04. The van der Waals surface area contributed by atoms with Crippen LogP contribution in [0.1, 0.15) is 24.9 Å². The highest BCUT2D eigenvalue weighted by Crippen LogP contribution is 2.17. The normalized spacial score (nSPS) is 12.2. The van der Waals surface area contributed by atoms with Crippen LogP contribution in [0, 0.1) is 0 Å². The first-order valence-corrected chi connectivity index (χ1v) is 5.67. The van der Waals surface area contributed by atoms with Crippen LogP contribution in [0.25, 0.3) is 0 Å².